The van der Waals surface area contributed by atoms with Gasteiger partial charge in [0.25, 0.3) is 5.91 Å². The van der Waals surface area contributed by atoms with Crippen LogP contribution in [0.3, 0.4) is 0 Å². The van der Waals surface area contributed by atoms with E-state index < -0.39 is 30.2 Å². The Balaban J connectivity index is 2.90. The lowest BCUT2D eigenvalue weighted by molar-refractivity contribution is -0.140. The molecule has 1 atom stereocenters. The SMILES string of the molecule is CCc1cc(C(=O)N[C@H](CC(N)=O)C(=O)O)n(CC)n1. The van der Waals surface area contributed by atoms with Crippen molar-refractivity contribution in [3.05, 3.63) is 17.5 Å². The van der Waals surface area contributed by atoms with Crippen molar-refractivity contribution in [1.82, 2.24) is 15.1 Å². The topological polar surface area (TPSA) is 127 Å². The Morgan fingerprint density at radius 2 is 2.10 bits per heavy atom. The summed E-state index contributed by atoms with van der Waals surface area (Å²) in [6.45, 7) is 4.20. The number of nitrogens with two attached hydrogens (primary N) is 1. The minimum Gasteiger partial charge on any atom is -0.480 e. The first-order valence-corrected chi connectivity index (χ1v) is 6.27. The van der Waals surface area contributed by atoms with E-state index in [0.29, 0.717) is 13.0 Å². The number of rotatable bonds is 7. The maximum atomic E-state index is 12.1. The van der Waals surface area contributed by atoms with Gasteiger partial charge in [-0.2, -0.15) is 5.10 Å². The van der Waals surface area contributed by atoms with Crippen LogP contribution < -0.4 is 11.1 Å². The molecule has 20 heavy (non-hydrogen) atoms. The zero-order chi connectivity index (χ0) is 15.3. The zero-order valence-corrected chi connectivity index (χ0v) is 11.4. The summed E-state index contributed by atoms with van der Waals surface area (Å²) in [7, 11) is 0. The third-order valence-electron chi connectivity index (χ3n) is 2.73. The molecule has 0 saturated carbocycles. The number of carboxylic acid groups (broad SMARTS) is 1. The van der Waals surface area contributed by atoms with Crippen molar-refractivity contribution in [2.24, 2.45) is 5.73 Å². The number of aryl methyl sites for hydroxylation is 2. The van der Waals surface area contributed by atoms with Crippen molar-refractivity contribution in [3.63, 3.8) is 0 Å². The van der Waals surface area contributed by atoms with Crippen LogP contribution in [0.4, 0.5) is 0 Å². The Kier molecular flexibility index (Phi) is 5.24. The van der Waals surface area contributed by atoms with Crippen molar-refractivity contribution in [3.8, 4) is 0 Å². The van der Waals surface area contributed by atoms with E-state index in [2.05, 4.69) is 10.4 Å². The van der Waals surface area contributed by atoms with Crippen LogP contribution in [0.25, 0.3) is 0 Å². The van der Waals surface area contributed by atoms with E-state index in [-0.39, 0.29) is 5.69 Å². The van der Waals surface area contributed by atoms with Gasteiger partial charge < -0.3 is 16.2 Å². The fourth-order valence-electron chi connectivity index (χ4n) is 1.70. The fraction of sp³-hybridized carbons (Fsp3) is 0.500. The zero-order valence-electron chi connectivity index (χ0n) is 11.4. The number of carbonyl (C=O) groups excluding carboxylic acids is 2. The number of nitrogens with one attached hydrogen (secondary N) is 1. The molecule has 1 heterocycles. The van der Waals surface area contributed by atoms with Crippen LogP contribution in [0.5, 0.6) is 0 Å². The summed E-state index contributed by atoms with van der Waals surface area (Å²) in [4.78, 5) is 33.8. The van der Waals surface area contributed by atoms with Gasteiger partial charge in [-0.05, 0) is 19.4 Å². The van der Waals surface area contributed by atoms with Crippen LogP contribution in [0, 0.1) is 0 Å². The maximum Gasteiger partial charge on any atom is 0.326 e. The molecule has 1 rings (SSSR count). The number of nitrogens with zero attached hydrogens (tertiary/aromatic N) is 2. The molecule has 0 saturated heterocycles. The van der Waals surface area contributed by atoms with Crippen molar-refractivity contribution >= 4 is 17.8 Å². The number of hydrogen-bond acceptors (Lipinski definition) is 4. The van der Waals surface area contributed by atoms with E-state index in [1.807, 2.05) is 13.8 Å². The van der Waals surface area contributed by atoms with Gasteiger partial charge in [0.15, 0.2) is 0 Å². The molecule has 0 aromatic carbocycles. The van der Waals surface area contributed by atoms with Gasteiger partial charge in [-0.1, -0.05) is 6.92 Å². The monoisotopic (exact) mass is 282 g/mol. The van der Waals surface area contributed by atoms with Crippen LogP contribution in [0.15, 0.2) is 6.07 Å². The number of primary amides is 1. The van der Waals surface area contributed by atoms with Gasteiger partial charge in [0.2, 0.25) is 5.91 Å². The first-order chi connectivity index (χ1) is 9.38. The van der Waals surface area contributed by atoms with Gasteiger partial charge >= 0.3 is 5.97 Å². The highest BCUT2D eigenvalue weighted by Crippen LogP contribution is 2.06. The Bertz CT molecular complexity index is 524. The second-order valence-electron chi connectivity index (χ2n) is 4.22. The van der Waals surface area contributed by atoms with Gasteiger partial charge in [-0.25, -0.2) is 4.79 Å². The summed E-state index contributed by atoms with van der Waals surface area (Å²) >= 11 is 0. The average molecular weight is 282 g/mol. The lowest BCUT2D eigenvalue weighted by atomic mass is 10.2. The molecular weight excluding hydrogens is 264 g/mol. The van der Waals surface area contributed by atoms with Gasteiger partial charge in [0, 0.05) is 6.54 Å². The molecule has 2 amide bonds. The van der Waals surface area contributed by atoms with Gasteiger partial charge in [0.05, 0.1) is 12.1 Å². The van der Waals surface area contributed by atoms with E-state index in [9.17, 15) is 14.4 Å². The van der Waals surface area contributed by atoms with Crippen molar-refractivity contribution < 1.29 is 19.5 Å². The number of aliphatic carboxylic acids is 1. The molecule has 0 aliphatic rings. The third kappa shape index (κ3) is 3.81. The Morgan fingerprint density at radius 3 is 2.55 bits per heavy atom. The molecule has 0 radical (unpaired) electrons. The summed E-state index contributed by atoms with van der Waals surface area (Å²) in [5.41, 5.74) is 5.96. The van der Waals surface area contributed by atoms with Crippen LogP contribution in [0.2, 0.25) is 0 Å². The average Bonchev–Trinajstić information content (AvgIpc) is 2.80. The summed E-state index contributed by atoms with van der Waals surface area (Å²) in [6.07, 6.45) is 0.207. The quantitative estimate of drug-likeness (QED) is 0.622. The van der Waals surface area contributed by atoms with E-state index in [4.69, 9.17) is 10.8 Å². The van der Waals surface area contributed by atoms with Gasteiger partial charge in [-0.3, -0.25) is 14.3 Å². The van der Waals surface area contributed by atoms with Crippen LogP contribution in [-0.2, 0) is 22.6 Å². The highest BCUT2D eigenvalue weighted by atomic mass is 16.4. The summed E-state index contributed by atoms with van der Waals surface area (Å²) in [6, 6.07) is 0.257. The highest BCUT2D eigenvalue weighted by Gasteiger charge is 2.24. The van der Waals surface area contributed by atoms with Crippen LogP contribution >= 0.6 is 0 Å². The second kappa shape index (κ2) is 6.69. The predicted molar refractivity (Wildman–Crippen MR) is 70.0 cm³/mol. The molecule has 8 nitrogen and oxygen atoms in total. The van der Waals surface area contributed by atoms with Crippen LogP contribution in [-0.4, -0.2) is 38.7 Å². The summed E-state index contributed by atoms with van der Waals surface area (Å²) in [5, 5.41) is 15.4. The lowest BCUT2D eigenvalue weighted by Gasteiger charge is -2.13. The number of hydrogen-bond donors (Lipinski definition) is 3. The van der Waals surface area contributed by atoms with Crippen LogP contribution in [0.1, 0.15) is 36.5 Å². The highest BCUT2D eigenvalue weighted by molar-refractivity contribution is 5.96. The lowest BCUT2D eigenvalue weighted by Crippen LogP contribution is -2.43. The van der Waals surface area contributed by atoms with Crippen molar-refractivity contribution in [2.45, 2.75) is 39.3 Å². The molecule has 0 aliphatic heterocycles. The van der Waals surface area contributed by atoms with Crippen molar-refractivity contribution in [1.29, 1.82) is 0 Å². The van der Waals surface area contributed by atoms with E-state index >= 15 is 0 Å². The molecule has 0 unspecified atom stereocenters. The number of carbonyl (C=O) groups is 3. The number of carboxylic acids is 1. The first-order valence-electron chi connectivity index (χ1n) is 6.27. The second-order valence-corrected chi connectivity index (χ2v) is 4.22. The Labute approximate surface area is 115 Å². The molecule has 1 aromatic rings. The maximum absolute atomic E-state index is 12.1. The van der Waals surface area contributed by atoms with E-state index in [1.165, 1.54) is 4.68 Å². The largest absolute Gasteiger partial charge is 0.480 e. The first kappa shape index (κ1) is 15.7. The number of amides is 2. The Morgan fingerprint density at radius 1 is 1.45 bits per heavy atom. The van der Waals surface area contributed by atoms with Gasteiger partial charge in [-0.15, -0.1) is 0 Å². The normalized spacial score (nSPS) is 11.9. The van der Waals surface area contributed by atoms with E-state index in [0.717, 1.165) is 5.69 Å². The third-order valence-corrected chi connectivity index (χ3v) is 2.73. The molecule has 8 heteroatoms. The molecule has 0 aliphatic carbocycles. The van der Waals surface area contributed by atoms with Crippen molar-refractivity contribution in [2.75, 3.05) is 0 Å². The van der Waals surface area contributed by atoms with Gasteiger partial charge in [0.1, 0.15) is 11.7 Å². The molecule has 0 spiro atoms. The molecule has 0 fully saturated rings. The minimum atomic E-state index is -1.34. The molecule has 1 aromatic heterocycles. The summed E-state index contributed by atoms with van der Waals surface area (Å²) in [5.74, 6) is -2.70. The number of aromatic nitrogens is 2. The smallest absolute Gasteiger partial charge is 0.326 e. The molecule has 4 N–H and O–H groups in total. The van der Waals surface area contributed by atoms with E-state index in [1.54, 1.807) is 6.07 Å². The molecular formula is C12H18N4O4. The fourth-order valence-corrected chi connectivity index (χ4v) is 1.70. The molecule has 110 valence electrons. The Hall–Kier alpha value is -2.38. The standard InChI is InChI=1S/C12H18N4O4/c1-3-7-5-9(16(4-2)15-7)11(18)14-8(12(19)20)6-10(13)17/h5,8H,3-4,6H2,1-2H3,(H2,13,17)(H,14,18)(H,19,20)/t8-/m1/s1. The summed E-state index contributed by atoms with van der Waals surface area (Å²) < 4.78 is 1.48. The molecule has 0 bridgehead atoms. The minimum absolute atomic E-state index is 0.264. The predicted octanol–water partition coefficient (Wildman–Crippen LogP) is -0.476.